The summed E-state index contributed by atoms with van der Waals surface area (Å²) in [5, 5.41) is 0.655. The van der Waals surface area contributed by atoms with Crippen LogP contribution < -0.4 is 0 Å². The summed E-state index contributed by atoms with van der Waals surface area (Å²) in [5.41, 5.74) is 0. The predicted octanol–water partition coefficient (Wildman–Crippen LogP) is 2.47. The van der Waals surface area contributed by atoms with Gasteiger partial charge in [0.1, 0.15) is 0 Å². The number of hydrogen-bond acceptors (Lipinski definition) is 2. The van der Waals surface area contributed by atoms with Gasteiger partial charge in [0.05, 0.1) is 5.04 Å². The van der Waals surface area contributed by atoms with Gasteiger partial charge in [-0.05, 0) is 0 Å². The Bertz CT molecular complexity index is 164. The van der Waals surface area contributed by atoms with E-state index in [2.05, 4.69) is 4.99 Å². The van der Waals surface area contributed by atoms with Crippen LogP contribution in [0.5, 0.6) is 0 Å². The predicted molar refractivity (Wildman–Crippen MR) is 40.0 cm³/mol. The quantitative estimate of drug-likeness (QED) is 0.640. The Labute approximate surface area is 67.1 Å². The largest absolute Gasteiger partial charge is 0.389 e. The summed E-state index contributed by atoms with van der Waals surface area (Å²) >= 11 is 1.43. The maximum absolute atomic E-state index is 11.6. The minimum Gasteiger partial charge on any atom is -0.282 e. The van der Waals surface area contributed by atoms with Gasteiger partial charge < -0.3 is 0 Å². The molecule has 1 nitrogen and oxygen atoms in total. The molecule has 0 fully saturated rings. The molecule has 64 valence electrons. The summed E-state index contributed by atoms with van der Waals surface area (Å²) in [5.74, 6) is 0.840. The van der Waals surface area contributed by atoms with Crippen molar-refractivity contribution in [2.24, 2.45) is 4.99 Å². The highest BCUT2D eigenvalue weighted by Gasteiger charge is 2.27. The zero-order valence-electron chi connectivity index (χ0n) is 5.82. The molecule has 1 aliphatic rings. The summed E-state index contributed by atoms with van der Waals surface area (Å²) in [6.45, 7) is 0.678. The summed E-state index contributed by atoms with van der Waals surface area (Å²) in [6.07, 6.45) is -4.71. The Balaban J connectivity index is 2.22. The van der Waals surface area contributed by atoms with E-state index in [0.717, 1.165) is 5.75 Å². The smallest absolute Gasteiger partial charge is 0.282 e. The standard InChI is InChI=1S/C6H8F3NS/c7-6(8,9)2-1-5-10-3-4-11-5/h1-4H2. The first-order valence-electron chi connectivity index (χ1n) is 3.31. The molecule has 1 rings (SSSR count). The monoisotopic (exact) mass is 183 g/mol. The molecule has 0 saturated heterocycles. The van der Waals surface area contributed by atoms with E-state index in [9.17, 15) is 13.2 Å². The van der Waals surface area contributed by atoms with Crippen molar-refractivity contribution in [3.05, 3.63) is 0 Å². The van der Waals surface area contributed by atoms with Gasteiger partial charge in [0.2, 0.25) is 0 Å². The average molecular weight is 183 g/mol. The molecule has 0 aromatic heterocycles. The molecular weight excluding hydrogens is 175 g/mol. The Kier molecular flexibility index (Phi) is 2.81. The van der Waals surface area contributed by atoms with Crippen molar-refractivity contribution >= 4 is 16.8 Å². The molecule has 0 aromatic carbocycles. The molecule has 0 amide bonds. The van der Waals surface area contributed by atoms with Gasteiger partial charge in [0.15, 0.2) is 0 Å². The first kappa shape index (κ1) is 8.90. The Hall–Kier alpha value is -0.190. The normalized spacial score (nSPS) is 18.6. The molecule has 0 bridgehead atoms. The van der Waals surface area contributed by atoms with Gasteiger partial charge >= 0.3 is 6.18 Å². The third-order valence-electron chi connectivity index (χ3n) is 1.27. The van der Waals surface area contributed by atoms with Crippen molar-refractivity contribution in [1.29, 1.82) is 0 Å². The van der Waals surface area contributed by atoms with Crippen molar-refractivity contribution in [1.82, 2.24) is 0 Å². The molecule has 0 aromatic rings. The first-order chi connectivity index (χ1) is 5.08. The Morgan fingerprint density at radius 3 is 2.64 bits per heavy atom. The molecule has 0 saturated carbocycles. The lowest BCUT2D eigenvalue weighted by atomic mass is 10.3. The molecule has 1 heterocycles. The molecule has 0 atom stereocenters. The zero-order chi connectivity index (χ0) is 8.32. The number of hydrogen-bond donors (Lipinski definition) is 0. The van der Waals surface area contributed by atoms with Gasteiger partial charge in [-0.3, -0.25) is 4.99 Å². The molecule has 5 heteroatoms. The Morgan fingerprint density at radius 1 is 1.45 bits per heavy atom. The zero-order valence-corrected chi connectivity index (χ0v) is 6.63. The summed E-state index contributed by atoms with van der Waals surface area (Å²) < 4.78 is 34.9. The summed E-state index contributed by atoms with van der Waals surface area (Å²) in [6, 6.07) is 0. The summed E-state index contributed by atoms with van der Waals surface area (Å²) in [7, 11) is 0. The lowest BCUT2D eigenvalue weighted by Gasteiger charge is -2.04. The second-order valence-corrected chi connectivity index (χ2v) is 3.41. The third-order valence-corrected chi connectivity index (χ3v) is 2.32. The fourth-order valence-electron chi connectivity index (χ4n) is 0.779. The molecule has 1 aliphatic heterocycles. The van der Waals surface area contributed by atoms with Gasteiger partial charge in [-0.15, -0.1) is 11.8 Å². The van der Waals surface area contributed by atoms with E-state index in [1.807, 2.05) is 0 Å². The summed E-state index contributed by atoms with van der Waals surface area (Å²) in [4.78, 5) is 3.92. The van der Waals surface area contributed by atoms with Crippen LogP contribution in [0.3, 0.4) is 0 Å². The van der Waals surface area contributed by atoms with Crippen LogP contribution >= 0.6 is 11.8 Å². The maximum atomic E-state index is 11.6. The fourth-order valence-corrected chi connectivity index (χ4v) is 1.63. The number of alkyl halides is 3. The molecule has 0 unspecified atom stereocenters. The SMILES string of the molecule is FC(F)(F)CCC1=NCCS1. The minimum absolute atomic E-state index is 0.0637. The van der Waals surface area contributed by atoms with E-state index in [0.29, 0.717) is 11.6 Å². The fraction of sp³-hybridized carbons (Fsp3) is 0.833. The maximum Gasteiger partial charge on any atom is 0.389 e. The van der Waals surface area contributed by atoms with E-state index in [1.165, 1.54) is 11.8 Å². The number of aliphatic imine (C=N–C) groups is 1. The van der Waals surface area contributed by atoms with Gasteiger partial charge in [-0.25, -0.2) is 0 Å². The van der Waals surface area contributed by atoms with Crippen LogP contribution in [-0.2, 0) is 0 Å². The van der Waals surface area contributed by atoms with E-state index >= 15 is 0 Å². The average Bonchev–Trinajstić information content (AvgIpc) is 2.32. The van der Waals surface area contributed by atoms with Crippen molar-refractivity contribution in [2.75, 3.05) is 12.3 Å². The van der Waals surface area contributed by atoms with Crippen LogP contribution in [0, 0.1) is 0 Å². The van der Waals surface area contributed by atoms with Gasteiger partial charge in [-0.2, -0.15) is 13.2 Å². The highest BCUT2D eigenvalue weighted by molar-refractivity contribution is 8.14. The van der Waals surface area contributed by atoms with Crippen molar-refractivity contribution in [3.63, 3.8) is 0 Å². The number of rotatable bonds is 2. The van der Waals surface area contributed by atoms with Crippen LogP contribution in [0.2, 0.25) is 0 Å². The molecule has 0 radical (unpaired) electrons. The van der Waals surface area contributed by atoms with Crippen LogP contribution in [0.25, 0.3) is 0 Å². The van der Waals surface area contributed by atoms with Gasteiger partial charge in [0.25, 0.3) is 0 Å². The van der Waals surface area contributed by atoms with E-state index in [1.54, 1.807) is 0 Å². The highest BCUT2D eigenvalue weighted by Crippen LogP contribution is 2.25. The van der Waals surface area contributed by atoms with Crippen molar-refractivity contribution in [2.45, 2.75) is 19.0 Å². The van der Waals surface area contributed by atoms with Crippen molar-refractivity contribution < 1.29 is 13.2 Å². The first-order valence-corrected chi connectivity index (χ1v) is 4.29. The molecule has 0 N–H and O–H groups in total. The molecule has 0 spiro atoms. The number of halogens is 3. The second-order valence-electron chi connectivity index (χ2n) is 2.24. The number of thioether (sulfide) groups is 1. The van der Waals surface area contributed by atoms with Gasteiger partial charge in [-0.1, -0.05) is 0 Å². The lowest BCUT2D eigenvalue weighted by molar-refractivity contribution is -0.132. The molecule has 0 aliphatic carbocycles. The Morgan fingerprint density at radius 2 is 2.18 bits per heavy atom. The number of nitrogens with zero attached hydrogens (tertiary/aromatic N) is 1. The van der Waals surface area contributed by atoms with E-state index in [-0.39, 0.29) is 6.42 Å². The minimum atomic E-state index is -4.04. The van der Waals surface area contributed by atoms with Crippen LogP contribution in [0.1, 0.15) is 12.8 Å². The van der Waals surface area contributed by atoms with E-state index < -0.39 is 12.6 Å². The highest BCUT2D eigenvalue weighted by atomic mass is 32.2. The third kappa shape index (κ3) is 3.65. The van der Waals surface area contributed by atoms with Crippen molar-refractivity contribution in [3.8, 4) is 0 Å². The lowest BCUT2D eigenvalue weighted by Crippen LogP contribution is -2.08. The second kappa shape index (κ2) is 3.47. The topological polar surface area (TPSA) is 12.4 Å². The van der Waals surface area contributed by atoms with Crippen LogP contribution in [-0.4, -0.2) is 23.5 Å². The van der Waals surface area contributed by atoms with Crippen LogP contribution in [0.4, 0.5) is 13.2 Å². The van der Waals surface area contributed by atoms with Crippen LogP contribution in [0.15, 0.2) is 4.99 Å². The molecular formula is C6H8F3NS. The molecule has 11 heavy (non-hydrogen) atoms. The van der Waals surface area contributed by atoms with E-state index in [4.69, 9.17) is 0 Å². The van der Waals surface area contributed by atoms with Gasteiger partial charge in [0, 0.05) is 25.1 Å².